The van der Waals surface area contributed by atoms with Gasteiger partial charge in [0.1, 0.15) is 0 Å². The lowest BCUT2D eigenvalue weighted by molar-refractivity contribution is 0.269. The Balaban J connectivity index is 2.01. The fraction of sp³-hybridized carbons (Fsp3) is 0.467. The van der Waals surface area contributed by atoms with Crippen LogP contribution in [0.2, 0.25) is 0 Å². The zero-order valence-electron chi connectivity index (χ0n) is 12.7. The smallest absolute Gasteiger partial charge is 0.226 e. The van der Waals surface area contributed by atoms with E-state index in [4.69, 9.17) is 14.0 Å². The molecule has 0 unspecified atom stereocenters. The van der Waals surface area contributed by atoms with Gasteiger partial charge in [0, 0.05) is 13.0 Å². The Morgan fingerprint density at radius 2 is 2.10 bits per heavy atom. The maximum Gasteiger partial charge on any atom is 0.226 e. The summed E-state index contributed by atoms with van der Waals surface area (Å²) in [6, 6.07) is 5.87. The standard InChI is InChI=1S/C15H21N3O3/c1-4-15-17-14(18-21-15)10-20-12-7-6-11(9-16-5-2)8-13(12)19-3/h6-8,16H,4-5,9-10H2,1-3H3. The summed E-state index contributed by atoms with van der Waals surface area (Å²) in [6.07, 6.45) is 0.718. The first-order valence-electron chi connectivity index (χ1n) is 7.08. The van der Waals surface area contributed by atoms with Crippen molar-refractivity contribution in [3.8, 4) is 11.5 Å². The lowest BCUT2D eigenvalue weighted by Crippen LogP contribution is -2.11. The summed E-state index contributed by atoms with van der Waals surface area (Å²) in [5.41, 5.74) is 1.15. The Kier molecular flexibility index (Phi) is 5.57. The number of ether oxygens (including phenoxy) is 2. The Morgan fingerprint density at radius 1 is 1.24 bits per heavy atom. The molecule has 0 aliphatic carbocycles. The van der Waals surface area contributed by atoms with Gasteiger partial charge in [-0.15, -0.1) is 0 Å². The molecule has 0 aliphatic rings. The van der Waals surface area contributed by atoms with Gasteiger partial charge in [0.25, 0.3) is 0 Å². The first-order valence-corrected chi connectivity index (χ1v) is 7.08. The molecule has 6 nitrogen and oxygen atoms in total. The number of aromatic nitrogens is 2. The minimum atomic E-state index is 0.256. The SMILES string of the molecule is CCNCc1ccc(OCc2noc(CC)n2)c(OC)c1. The second-order valence-electron chi connectivity index (χ2n) is 4.51. The van der Waals surface area contributed by atoms with E-state index in [2.05, 4.69) is 22.4 Å². The van der Waals surface area contributed by atoms with E-state index in [0.717, 1.165) is 25.1 Å². The molecule has 0 bridgehead atoms. The van der Waals surface area contributed by atoms with Crippen molar-refractivity contribution in [1.82, 2.24) is 15.5 Å². The summed E-state index contributed by atoms with van der Waals surface area (Å²) in [5.74, 6) is 2.51. The van der Waals surface area contributed by atoms with Crippen LogP contribution in [-0.4, -0.2) is 23.8 Å². The summed E-state index contributed by atoms with van der Waals surface area (Å²) in [4.78, 5) is 4.20. The molecule has 2 rings (SSSR count). The third kappa shape index (κ3) is 4.19. The van der Waals surface area contributed by atoms with Crippen LogP contribution < -0.4 is 14.8 Å². The summed E-state index contributed by atoms with van der Waals surface area (Å²) < 4.78 is 16.1. The van der Waals surface area contributed by atoms with Crippen LogP contribution in [0, 0.1) is 0 Å². The van der Waals surface area contributed by atoms with E-state index in [1.165, 1.54) is 0 Å². The van der Waals surface area contributed by atoms with Gasteiger partial charge in [-0.1, -0.05) is 25.1 Å². The van der Waals surface area contributed by atoms with Gasteiger partial charge in [0.05, 0.1) is 7.11 Å². The van der Waals surface area contributed by atoms with E-state index in [-0.39, 0.29) is 6.61 Å². The number of aryl methyl sites for hydroxylation is 1. The highest BCUT2D eigenvalue weighted by molar-refractivity contribution is 5.42. The molecular weight excluding hydrogens is 270 g/mol. The van der Waals surface area contributed by atoms with Crippen LogP contribution in [0.25, 0.3) is 0 Å². The zero-order valence-corrected chi connectivity index (χ0v) is 12.7. The van der Waals surface area contributed by atoms with Crippen molar-refractivity contribution in [1.29, 1.82) is 0 Å². The highest BCUT2D eigenvalue weighted by atomic mass is 16.5. The first kappa shape index (κ1) is 15.3. The molecular formula is C15H21N3O3. The molecule has 0 fully saturated rings. The van der Waals surface area contributed by atoms with Gasteiger partial charge in [-0.25, -0.2) is 0 Å². The summed E-state index contributed by atoms with van der Waals surface area (Å²) in [7, 11) is 1.63. The molecule has 2 aromatic rings. The van der Waals surface area contributed by atoms with Gasteiger partial charge in [-0.3, -0.25) is 0 Å². The normalized spacial score (nSPS) is 10.6. The van der Waals surface area contributed by atoms with Crippen LogP contribution in [0.15, 0.2) is 22.7 Å². The van der Waals surface area contributed by atoms with Gasteiger partial charge in [0.2, 0.25) is 11.7 Å². The molecule has 1 aromatic carbocycles. The second kappa shape index (κ2) is 7.64. The fourth-order valence-corrected chi connectivity index (χ4v) is 1.85. The predicted molar refractivity (Wildman–Crippen MR) is 78.4 cm³/mol. The third-order valence-corrected chi connectivity index (χ3v) is 2.98. The molecule has 1 N–H and O–H groups in total. The number of hydrogen-bond acceptors (Lipinski definition) is 6. The topological polar surface area (TPSA) is 69.4 Å². The second-order valence-corrected chi connectivity index (χ2v) is 4.51. The van der Waals surface area contributed by atoms with Crippen LogP contribution in [0.5, 0.6) is 11.5 Å². The van der Waals surface area contributed by atoms with Crippen molar-refractivity contribution in [2.45, 2.75) is 33.4 Å². The van der Waals surface area contributed by atoms with Crippen molar-refractivity contribution in [3.63, 3.8) is 0 Å². The largest absolute Gasteiger partial charge is 0.493 e. The molecule has 6 heteroatoms. The van der Waals surface area contributed by atoms with Gasteiger partial charge in [-0.2, -0.15) is 4.98 Å². The van der Waals surface area contributed by atoms with Gasteiger partial charge in [0.15, 0.2) is 18.1 Å². The van der Waals surface area contributed by atoms with E-state index in [0.29, 0.717) is 23.2 Å². The van der Waals surface area contributed by atoms with Crippen molar-refractivity contribution >= 4 is 0 Å². The van der Waals surface area contributed by atoms with Gasteiger partial charge < -0.3 is 19.3 Å². The maximum atomic E-state index is 5.70. The van der Waals surface area contributed by atoms with Crippen molar-refractivity contribution in [3.05, 3.63) is 35.5 Å². The van der Waals surface area contributed by atoms with E-state index in [1.54, 1.807) is 7.11 Å². The maximum absolute atomic E-state index is 5.70. The molecule has 0 spiro atoms. The molecule has 1 heterocycles. The highest BCUT2D eigenvalue weighted by Crippen LogP contribution is 2.28. The van der Waals surface area contributed by atoms with E-state index in [1.807, 2.05) is 25.1 Å². The molecule has 0 saturated carbocycles. The van der Waals surface area contributed by atoms with Crippen LogP contribution >= 0.6 is 0 Å². The monoisotopic (exact) mass is 291 g/mol. The minimum Gasteiger partial charge on any atom is -0.493 e. The number of nitrogens with one attached hydrogen (secondary N) is 1. The van der Waals surface area contributed by atoms with Crippen LogP contribution in [-0.2, 0) is 19.6 Å². The van der Waals surface area contributed by atoms with Crippen LogP contribution in [0.1, 0.15) is 31.1 Å². The highest BCUT2D eigenvalue weighted by Gasteiger charge is 2.09. The minimum absolute atomic E-state index is 0.256. The third-order valence-electron chi connectivity index (χ3n) is 2.98. The van der Waals surface area contributed by atoms with Gasteiger partial charge >= 0.3 is 0 Å². The molecule has 0 saturated heterocycles. The Bertz CT molecular complexity index is 569. The number of hydrogen-bond donors (Lipinski definition) is 1. The lowest BCUT2D eigenvalue weighted by atomic mass is 10.2. The first-order chi connectivity index (χ1) is 10.3. The molecule has 0 amide bonds. The quantitative estimate of drug-likeness (QED) is 0.805. The van der Waals surface area contributed by atoms with Crippen molar-refractivity contribution in [2.75, 3.05) is 13.7 Å². The average Bonchev–Trinajstić information content (AvgIpc) is 2.99. The summed E-state index contributed by atoms with van der Waals surface area (Å²) in [6.45, 7) is 6.02. The zero-order chi connectivity index (χ0) is 15.1. The van der Waals surface area contributed by atoms with E-state index in [9.17, 15) is 0 Å². The molecule has 0 atom stereocenters. The molecule has 1 aromatic heterocycles. The Morgan fingerprint density at radius 3 is 2.76 bits per heavy atom. The summed E-state index contributed by atoms with van der Waals surface area (Å²) >= 11 is 0. The molecule has 0 radical (unpaired) electrons. The number of methoxy groups -OCH3 is 1. The lowest BCUT2D eigenvalue weighted by Gasteiger charge is -2.11. The molecule has 21 heavy (non-hydrogen) atoms. The summed E-state index contributed by atoms with van der Waals surface area (Å²) in [5, 5.41) is 7.13. The van der Waals surface area contributed by atoms with E-state index >= 15 is 0 Å². The average molecular weight is 291 g/mol. The number of nitrogens with zero attached hydrogens (tertiary/aromatic N) is 2. The van der Waals surface area contributed by atoms with Crippen molar-refractivity contribution < 1.29 is 14.0 Å². The van der Waals surface area contributed by atoms with E-state index < -0.39 is 0 Å². The van der Waals surface area contributed by atoms with Crippen LogP contribution in [0.4, 0.5) is 0 Å². The van der Waals surface area contributed by atoms with Gasteiger partial charge in [-0.05, 0) is 24.2 Å². The Hall–Kier alpha value is -2.08. The predicted octanol–water partition coefficient (Wildman–Crippen LogP) is 2.33. The molecule has 114 valence electrons. The Labute approximate surface area is 124 Å². The molecule has 0 aliphatic heterocycles. The van der Waals surface area contributed by atoms with Crippen molar-refractivity contribution in [2.24, 2.45) is 0 Å². The van der Waals surface area contributed by atoms with Crippen LogP contribution in [0.3, 0.4) is 0 Å². The number of rotatable bonds is 8. The fourth-order valence-electron chi connectivity index (χ4n) is 1.85. The number of benzene rings is 1.